The van der Waals surface area contributed by atoms with Gasteiger partial charge in [0.05, 0.1) is 0 Å². The fourth-order valence-corrected chi connectivity index (χ4v) is 3.86. The number of nitrogens with one attached hydrogen (secondary N) is 1. The fourth-order valence-electron chi connectivity index (χ4n) is 3.86. The summed E-state index contributed by atoms with van der Waals surface area (Å²) in [5, 5.41) is 3.31. The minimum absolute atomic E-state index is 0.782. The molecule has 1 saturated heterocycles. The van der Waals surface area contributed by atoms with Gasteiger partial charge in [-0.25, -0.2) is 0 Å². The Bertz CT molecular complexity index is 441. The molecule has 3 rings (SSSR count). The van der Waals surface area contributed by atoms with Crippen LogP contribution in [0.4, 0.5) is 0 Å². The maximum absolute atomic E-state index is 3.31. The highest BCUT2D eigenvalue weighted by molar-refractivity contribution is 5.35. The third-order valence-corrected chi connectivity index (χ3v) is 5.03. The zero-order valence-electron chi connectivity index (χ0n) is 12.8. The molecule has 1 aromatic rings. The van der Waals surface area contributed by atoms with Crippen molar-refractivity contribution < 1.29 is 0 Å². The zero-order chi connectivity index (χ0) is 13.8. The lowest BCUT2D eigenvalue weighted by atomic mass is 9.98. The Morgan fingerprint density at radius 1 is 1.15 bits per heavy atom. The number of hydrogen-bond donors (Lipinski definition) is 1. The van der Waals surface area contributed by atoms with E-state index in [0.717, 1.165) is 19.1 Å². The van der Waals surface area contributed by atoms with Gasteiger partial charge < -0.3 is 5.32 Å². The van der Waals surface area contributed by atoms with Crippen LogP contribution in [0.3, 0.4) is 0 Å². The average Bonchev–Trinajstić information content (AvgIpc) is 2.94. The Kier molecular flexibility index (Phi) is 4.74. The van der Waals surface area contributed by atoms with Crippen LogP contribution < -0.4 is 5.32 Å². The Hall–Kier alpha value is -0.860. The number of piperidine rings is 1. The Balaban J connectivity index is 1.65. The fraction of sp³-hybridized carbons (Fsp3) is 0.667. The molecule has 20 heavy (non-hydrogen) atoms. The van der Waals surface area contributed by atoms with E-state index in [9.17, 15) is 0 Å². The number of aryl methyl sites for hydroxylation is 2. The molecule has 1 aliphatic carbocycles. The van der Waals surface area contributed by atoms with E-state index < -0.39 is 0 Å². The highest BCUT2D eigenvalue weighted by Crippen LogP contribution is 2.26. The van der Waals surface area contributed by atoms with Crippen LogP contribution in [0.15, 0.2) is 18.2 Å². The summed E-state index contributed by atoms with van der Waals surface area (Å²) in [6, 6.07) is 8.01. The monoisotopic (exact) mass is 272 g/mol. The molecular formula is C18H28N2. The first kappa shape index (κ1) is 14.1. The smallest absolute Gasteiger partial charge is 0.0236 e. The molecule has 2 nitrogen and oxygen atoms in total. The van der Waals surface area contributed by atoms with Gasteiger partial charge in [0.25, 0.3) is 0 Å². The molecule has 0 aromatic heterocycles. The molecule has 1 aromatic carbocycles. The highest BCUT2D eigenvalue weighted by atomic mass is 15.2. The van der Waals surface area contributed by atoms with E-state index in [4.69, 9.17) is 0 Å². The van der Waals surface area contributed by atoms with Crippen molar-refractivity contribution in [3.05, 3.63) is 34.9 Å². The van der Waals surface area contributed by atoms with Crippen molar-refractivity contribution in [3.8, 4) is 0 Å². The number of likely N-dealkylation sites (tertiary alicyclic amines) is 1. The molecule has 0 amide bonds. The van der Waals surface area contributed by atoms with Gasteiger partial charge in [-0.1, -0.05) is 24.6 Å². The van der Waals surface area contributed by atoms with Crippen molar-refractivity contribution in [2.24, 2.45) is 0 Å². The van der Waals surface area contributed by atoms with Gasteiger partial charge in [0.15, 0.2) is 0 Å². The molecule has 0 radical (unpaired) electrons. The van der Waals surface area contributed by atoms with Crippen molar-refractivity contribution >= 4 is 0 Å². The summed E-state index contributed by atoms with van der Waals surface area (Å²) in [5.41, 5.74) is 4.74. The standard InChI is InChI=1S/C18H28N2/c1-19-11-10-18-7-2-3-12-20(18)14-15-8-9-16-5-4-6-17(16)13-15/h8-9,13,18-19H,2-7,10-12,14H2,1H3. The predicted octanol–water partition coefficient (Wildman–Crippen LogP) is 3.14. The summed E-state index contributed by atoms with van der Waals surface area (Å²) in [6.07, 6.45) is 9.41. The lowest BCUT2D eigenvalue weighted by Gasteiger charge is -2.36. The Labute approximate surface area is 123 Å². The first-order valence-corrected chi connectivity index (χ1v) is 8.36. The molecule has 0 saturated carbocycles. The van der Waals surface area contributed by atoms with Gasteiger partial charge >= 0.3 is 0 Å². The second-order valence-electron chi connectivity index (χ2n) is 6.47. The van der Waals surface area contributed by atoms with Crippen molar-refractivity contribution in [2.45, 2.75) is 57.5 Å². The third-order valence-electron chi connectivity index (χ3n) is 5.03. The number of nitrogens with zero attached hydrogens (tertiary/aromatic N) is 1. The van der Waals surface area contributed by atoms with Crippen LogP contribution >= 0.6 is 0 Å². The van der Waals surface area contributed by atoms with Gasteiger partial charge in [-0.3, -0.25) is 4.90 Å². The SMILES string of the molecule is CNCCC1CCCCN1Cc1ccc2c(c1)CCC2. The van der Waals surface area contributed by atoms with Gasteiger partial charge in [-0.05, 0) is 75.4 Å². The predicted molar refractivity (Wildman–Crippen MR) is 85.1 cm³/mol. The number of benzene rings is 1. The van der Waals surface area contributed by atoms with Gasteiger partial charge in [0, 0.05) is 12.6 Å². The zero-order valence-corrected chi connectivity index (χ0v) is 12.8. The number of fused-ring (bicyclic) bond motifs is 1. The van der Waals surface area contributed by atoms with Gasteiger partial charge in [-0.2, -0.15) is 0 Å². The lowest BCUT2D eigenvalue weighted by Crippen LogP contribution is -2.40. The molecule has 1 atom stereocenters. The Morgan fingerprint density at radius 2 is 2.05 bits per heavy atom. The molecule has 1 heterocycles. The van der Waals surface area contributed by atoms with E-state index >= 15 is 0 Å². The van der Waals surface area contributed by atoms with Crippen LogP contribution in [-0.2, 0) is 19.4 Å². The molecule has 1 aliphatic heterocycles. The first-order valence-electron chi connectivity index (χ1n) is 8.36. The second-order valence-corrected chi connectivity index (χ2v) is 6.47. The molecule has 1 fully saturated rings. The molecule has 1 unspecified atom stereocenters. The maximum Gasteiger partial charge on any atom is 0.0236 e. The van der Waals surface area contributed by atoms with E-state index in [0.29, 0.717) is 0 Å². The summed E-state index contributed by atoms with van der Waals surface area (Å²) in [6.45, 7) is 3.58. The molecule has 1 N–H and O–H groups in total. The van der Waals surface area contributed by atoms with E-state index in [2.05, 4.69) is 35.5 Å². The van der Waals surface area contributed by atoms with Crippen LogP contribution in [0, 0.1) is 0 Å². The van der Waals surface area contributed by atoms with E-state index in [1.165, 1.54) is 57.1 Å². The lowest BCUT2D eigenvalue weighted by molar-refractivity contribution is 0.132. The quantitative estimate of drug-likeness (QED) is 0.886. The van der Waals surface area contributed by atoms with Crippen LogP contribution in [-0.4, -0.2) is 31.1 Å². The maximum atomic E-state index is 3.31. The van der Waals surface area contributed by atoms with Crippen molar-refractivity contribution in [2.75, 3.05) is 20.1 Å². The van der Waals surface area contributed by atoms with Crippen molar-refractivity contribution in [1.82, 2.24) is 10.2 Å². The first-order chi connectivity index (χ1) is 9.86. The minimum atomic E-state index is 0.782. The van der Waals surface area contributed by atoms with Gasteiger partial charge in [-0.15, -0.1) is 0 Å². The van der Waals surface area contributed by atoms with Crippen LogP contribution in [0.5, 0.6) is 0 Å². The topological polar surface area (TPSA) is 15.3 Å². The molecular weight excluding hydrogens is 244 g/mol. The third kappa shape index (κ3) is 3.24. The summed E-state index contributed by atoms with van der Waals surface area (Å²) in [5.74, 6) is 0. The number of hydrogen-bond acceptors (Lipinski definition) is 2. The summed E-state index contributed by atoms with van der Waals surface area (Å²) < 4.78 is 0. The van der Waals surface area contributed by atoms with Crippen molar-refractivity contribution in [1.29, 1.82) is 0 Å². The second kappa shape index (κ2) is 6.73. The normalized spacial score (nSPS) is 22.9. The van der Waals surface area contributed by atoms with Crippen LogP contribution in [0.2, 0.25) is 0 Å². The van der Waals surface area contributed by atoms with E-state index in [-0.39, 0.29) is 0 Å². The summed E-state index contributed by atoms with van der Waals surface area (Å²) >= 11 is 0. The van der Waals surface area contributed by atoms with Crippen LogP contribution in [0.1, 0.15) is 48.8 Å². The summed E-state index contributed by atoms with van der Waals surface area (Å²) in [4.78, 5) is 2.72. The Morgan fingerprint density at radius 3 is 2.95 bits per heavy atom. The highest BCUT2D eigenvalue weighted by Gasteiger charge is 2.22. The minimum Gasteiger partial charge on any atom is -0.320 e. The van der Waals surface area contributed by atoms with E-state index in [1.807, 2.05) is 0 Å². The van der Waals surface area contributed by atoms with Crippen LogP contribution in [0.25, 0.3) is 0 Å². The molecule has 2 aliphatic rings. The van der Waals surface area contributed by atoms with E-state index in [1.54, 1.807) is 11.1 Å². The molecule has 2 heteroatoms. The number of rotatable bonds is 5. The van der Waals surface area contributed by atoms with Gasteiger partial charge in [0.2, 0.25) is 0 Å². The summed E-state index contributed by atoms with van der Waals surface area (Å²) in [7, 11) is 2.06. The average molecular weight is 272 g/mol. The largest absolute Gasteiger partial charge is 0.320 e. The molecule has 110 valence electrons. The van der Waals surface area contributed by atoms with Crippen molar-refractivity contribution in [3.63, 3.8) is 0 Å². The van der Waals surface area contributed by atoms with Gasteiger partial charge in [0.1, 0.15) is 0 Å². The molecule has 0 bridgehead atoms. The molecule has 0 spiro atoms.